The lowest BCUT2D eigenvalue weighted by atomic mass is 9.74. The molecule has 1 atom stereocenters. The molecule has 0 unspecified atom stereocenters. The second kappa shape index (κ2) is 8.41. The minimum Gasteiger partial charge on any atom is -0.323 e. The first-order valence-electron chi connectivity index (χ1n) is 9.96. The van der Waals surface area contributed by atoms with Crippen LogP contribution in [0.15, 0.2) is 41.9 Å². The van der Waals surface area contributed by atoms with Gasteiger partial charge in [-0.15, -0.1) is 11.3 Å². The predicted octanol–water partition coefficient (Wildman–Crippen LogP) is 2.96. The number of amides is 3. The average molecular weight is 399 g/mol. The number of hydrogen-bond donors (Lipinski definition) is 2. The number of carbonyl (C=O) groups excluding carboxylic acids is 2. The molecule has 0 spiro atoms. The molecule has 1 aromatic carbocycles. The van der Waals surface area contributed by atoms with Crippen LogP contribution >= 0.6 is 11.3 Å². The van der Waals surface area contributed by atoms with E-state index < -0.39 is 5.54 Å². The number of urea groups is 1. The average Bonchev–Trinajstić information content (AvgIpc) is 3.33. The van der Waals surface area contributed by atoms with E-state index in [-0.39, 0.29) is 24.4 Å². The molecular formula is C21H26N4O2S. The number of aromatic nitrogens is 1. The van der Waals surface area contributed by atoms with Gasteiger partial charge in [-0.3, -0.25) is 9.69 Å². The van der Waals surface area contributed by atoms with Crippen LogP contribution in [0, 0.1) is 5.92 Å². The number of piperidine rings is 1. The van der Waals surface area contributed by atoms with Crippen LogP contribution in [0.5, 0.6) is 0 Å². The molecule has 3 heterocycles. The zero-order chi connectivity index (χ0) is 19.4. The fraction of sp³-hybridized carbons (Fsp3) is 0.476. The predicted molar refractivity (Wildman–Crippen MR) is 109 cm³/mol. The summed E-state index contributed by atoms with van der Waals surface area (Å²) in [5.74, 6) is 0.0925. The minimum absolute atomic E-state index is 0.0762. The number of aryl methyl sites for hydroxylation is 1. The molecule has 28 heavy (non-hydrogen) atoms. The highest BCUT2D eigenvalue weighted by Crippen LogP contribution is 2.37. The van der Waals surface area contributed by atoms with Crippen molar-refractivity contribution in [3.8, 4) is 0 Å². The van der Waals surface area contributed by atoms with Gasteiger partial charge < -0.3 is 10.6 Å². The molecule has 0 radical (unpaired) electrons. The second-order valence-electron chi connectivity index (χ2n) is 7.58. The Hall–Kier alpha value is -2.25. The Balaban J connectivity index is 1.52. The summed E-state index contributed by atoms with van der Waals surface area (Å²) in [6.07, 6.45) is 5.96. The van der Waals surface area contributed by atoms with E-state index in [1.54, 1.807) is 6.20 Å². The number of carbonyl (C=O) groups is 2. The first-order valence-corrected chi connectivity index (χ1v) is 10.8. The summed E-state index contributed by atoms with van der Waals surface area (Å²) < 4.78 is 0. The minimum atomic E-state index is -0.786. The number of hydrogen-bond acceptors (Lipinski definition) is 5. The third-order valence-corrected chi connectivity index (χ3v) is 6.66. The molecule has 3 amide bonds. The third kappa shape index (κ3) is 3.82. The van der Waals surface area contributed by atoms with Crippen LogP contribution in [0.25, 0.3) is 0 Å². The maximum atomic E-state index is 13.5. The van der Waals surface area contributed by atoms with Gasteiger partial charge in [0.05, 0.1) is 6.54 Å². The van der Waals surface area contributed by atoms with Crippen molar-refractivity contribution in [3.05, 3.63) is 52.5 Å². The highest BCUT2D eigenvalue weighted by atomic mass is 32.1. The number of imide groups is 1. The Morgan fingerprint density at radius 1 is 1.18 bits per heavy atom. The summed E-state index contributed by atoms with van der Waals surface area (Å²) in [5, 5.41) is 9.14. The quantitative estimate of drug-likeness (QED) is 0.703. The monoisotopic (exact) mass is 398 g/mol. The fourth-order valence-electron chi connectivity index (χ4n) is 4.44. The molecule has 2 aliphatic heterocycles. The topological polar surface area (TPSA) is 74.3 Å². The van der Waals surface area contributed by atoms with Crippen LogP contribution in [0.2, 0.25) is 0 Å². The summed E-state index contributed by atoms with van der Waals surface area (Å²) in [6, 6.07) is 10.0. The molecule has 148 valence electrons. The smallest absolute Gasteiger partial charge is 0.323 e. The van der Waals surface area contributed by atoms with Gasteiger partial charge in [-0.1, -0.05) is 30.3 Å². The Kier molecular flexibility index (Phi) is 5.73. The standard InChI is InChI=1S/C21H26N4O2S/c26-19-21(17-8-11-22-12-9-17,10-4-7-16-5-2-1-3-6-16)24-20(27)25(19)15-18-23-13-14-28-18/h1-3,5-6,13-14,17,22H,4,7-12,15H2,(H,24,27)/t21-/m1/s1. The Morgan fingerprint density at radius 3 is 2.68 bits per heavy atom. The van der Waals surface area contributed by atoms with E-state index in [2.05, 4.69) is 27.8 Å². The Bertz CT molecular complexity index is 805. The van der Waals surface area contributed by atoms with Gasteiger partial charge in [-0.2, -0.15) is 0 Å². The third-order valence-electron chi connectivity index (χ3n) is 5.89. The van der Waals surface area contributed by atoms with Crippen molar-refractivity contribution in [2.24, 2.45) is 5.92 Å². The lowest BCUT2D eigenvalue weighted by Gasteiger charge is -2.38. The van der Waals surface area contributed by atoms with E-state index in [1.165, 1.54) is 21.8 Å². The molecule has 7 heteroatoms. The van der Waals surface area contributed by atoms with E-state index in [4.69, 9.17) is 0 Å². The van der Waals surface area contributed by atoms with E-state index in [1.807, 2.05) is 23.6 Å². The molecule has 0 saturated carbocycles. The highest BCUT2D eigenvalue weighted by Gasteiger charge is 2.55. The van der Waals surface area contributed by atoms with Crippen molar-refractivity contribution in [2.45, 2.75) is 44.2 Å². The summed E-state index contributed by atoms with van der Waals surface area (Å²) in [7, 11) is 0. The van der Waals surface area contributed by atoms with Gasteiger partial charge in [0, 0.05) is 11.6 Å². The van der Waals surface area contributed by atoms with Crippen LogP contribution < -0.4 is 10.6 Å². The van der Waals surface area contributed by atoms with Crippen LogP contribution in [0.3, 0.4) is 0 Å². The molecule has 6 nitrogen and oxygen atoms in total. The molecule has 2 saturated heterocycles. The van der Waals surface area contributed by atoms with Crippen molar-refractivity contribution in [1.29, 1.82) is 0 Å². The van der Waals surface area contributed by atoms with E-state index >= 15 is 0 Å². The maximum absolute atomic E-state index is 13.5. The fourth-order valence-corrected chi connectivity index (χ4v) is 5.04. The number of benzene rings is 1. The SMILES string of the molecule is O=C1N[C@](CCCc2ccccc2)(C2CCNCC2)C(=O)N1Cc1nccs1. The van der Waals surface area contributed by atoms with Crippen molar-refractivity contribution in [2.75, 3.05) is 13.1 Å². The van der Waals surface area contributed by atoms with Crippen molar-refractivity contribution >= 4 is 23.3 Å². The van der Waals surface area contributed by atoms with Gasteiger partial charge in [0.2, 0.25) is 0 Å². The largest absolute Gasteiger partial charge is 0.325 e. The number of nitrogens with one attached hydrogen (secondary N) is 2. The molecule has 2 N–H and O–H groups in total. The summed E-state index contributed by atoms with van der Waals surface area (Å²) in [5.41, 5.74) is 0.477. The molecule has 2 fully saturated rings. The molecule has 4 rings (SSSR count). The van der Waals surface area contributed by atoms with Gasteiger partial charge in [-0.25, -0.2) is 9.78 Å². The summed E-state index contributed by atoms with van der Waals surface area (Å²) >= 11 is 1.47. The Morgan fingerprint density at radius 2 is 1.96 bits per heavy atom. The van der Waals surface area contributed by atoms with Crippen LogP contribution in [-0.2, 0) is 17.8 Å². The lowest BCUT2D eigenvalue weighted by Crippen LogP contribution is -2.55. The van der Waals surface area contributed by atoms with Gasteiger partial charge in [-0.05, 0) is 56.7 Å². The van der Waals surface area contributed by atoms with Crippen molar-refractivity contribution in [3.63, 3.8) is 0 Å². The summed E-state index contributed by atoms with van der Waals surface area (Å²) in [6.45, 7) is 2.04. The molecule has 2 aromatic rings. The molecule has 2 aliphatic rings. The van der Waals surface area contributed by atoms with Gasteiger partial charge in [0.15, 0.2) is 0 Å². The molecule has 1 aromatic heterocycles. The normalized spacial score (nSPS) is 23.2. The summed E-state index contributed by atoms with van der Waals surface area (Å²) in [4.78, 5) is 31.9. The van der Waals surface area contributed by atoms with Crippen LogP contribution in [-0.4, -0.2) is 40.5 Å². The highest BCUT2D eigenvalue weighted by molar-refractivity contribution is 7.09. The Labute approximate surface area is 169 Å². The zero-order valence-corrected chi connectivity index (χ0v) is 16.7. The molecule has 0 bridgehead atoms. The van der Waals surface area contributed by atoms with Crippen molar-refractivity contribution in [1.82, 2.24) is 20.5 Å². The van der Waals surface area contributed by atoms with Crippen molar-refractivity contribution < 1.29 is 9.59 Å². The number of thiazole rings is 1. The van der Waals surface area contributed by atoms with Crippen LogP contribution in [0.1, 0.15) is 36.3 Å². The van der Waals surface area contributed by atoms with E-state index in [9.17, 15) is 9.59 Å². The van der Waals surface area contributed by atoms with Gasteiger partial charge in [0.1, 0.15) is 10.5 Å². The number of nitrogens with zero attached hydrogens (tertiary/aromatic N) is 2. The zero-order valence-electron chi connectivity index (χ0n) is 15.9. The van der Waals surface area contributed by atoms with Crippen LogP contribution in [0.4, 0.5) is 4.79 Å². The van der Waals surface area contributed by atoms with E-state index in [0.717, 1.165) is 43.8 Å². The van der Waals surface area contributed by atoms with E-state index in [0.29, 0.717) is 6.42 Å². The first-order chi connectivity index (χ1) is 13.7. The molecule has 0 aliphatic carbocycles. The maximum Gasteiger partial charge on any atom is 0.325 e. The number of rotatable bonds is 7. The molecular weight excluding hydrogens is 372 g/mol. The first kappa shape index (κ1) is 19.1. The lowest BCUT2D eigenvalue weighted by molar-refractivity contribution is -0.134. The second-order valence-corrected chi connectivity index (χ2v) is 8.56. The van der Waals surface area contributed by atoms with Gasteiger partial charge >= 0.3 is 6.03 Å². The van der Waals surface area contributed by atoms with Gasteiger partial charge in [0.25, 0.3) is 5.91 Å².